The quantitative estimate of drug-likeness (QED) is 0.316. The molecule has 0 aromatic carbocycles. The van der Waals surface area contributed by atoms with Gasteiger partial charge < -0.3 is 5.11 Å². The van der Waals surface area contributed by atoms with Crippen molar-refractivity contribution in [1.82, 2.24) is 10.3 Å². The van der Waals surface area contributed by atoms with E-state index in [1.165, 1.54) is 0 Å². The third kappa shape index (κ3) is 6.00. The van der Waals surface area contributed by atoms with Gasteiger partial charge in [0.05, 0.1) is 6.61 Å². The van der Waals surface area contributed by atoms with E-state index in [0.29, 0.717) is 19.0 Å². The standard InChI is InChI=1S/C12H27N3O2/c1-4-11(5-2)15(8-9-16)10(3)6-7-12(17)14-13/h10-11,16H,4-9,13H2,1-3H3,(H,14,17). The molecular weight excluding hydrogens is 218 g/mol. The minimum absolute atomic E-state index is 0.134. The lowest BCUT2D eigenvalue weighted by molar-refractivity contribution is -0.121. The van der Waals surface area contributed by atoms with Gasteiger partial charge in [-0.05, 0) is 26.2 Å². The molecule has 17 heavy (non-hydrogen) atoms. The Hall–Kier alpha value is -0.650. The van der Waals surface area contributed by atoms with Crippen LogP contribution in [0.5, 0.6) is 0 Å². The molecule has 0 radical (unpaired) electrons. The van der Waals surface area contributed by atoms with Gasteiger partial charge in [-0.1, -0.05) is 13.8 Å². The second-order valence-electron chi connectivity index (χ2n) is 4.39. The lowest BCUT2D eigenvalue weighted by Gasteiger charge is -2.35. The number of carbonyl (C=O) groups is 1. The third-order valence-corrected chi connectivity index (χ3v) is 3.29. The van der Waals surface area contributed by atoms with Gasteiger partial charge in [-0.25, -0.2) is 5.84 Å². The molecule has 0 aliphatic rings. The van der Waals surface area contributed by atoms with Gasteiger partial charge in [0.15, 0.2) is 0 Å². The molecular formula is C12H27N3O2. The molecule has 0 aliphatic heterocycles. The molecule has 0 bridgehead atoms. The van der Waals surface area contributed by atoms with Crippen LogP contribution in [-0.4, -0.2) is 41.1 Å². The number of aliphatic hydroxyl groups is 1. The average molecular weight is 245 g/mol. The van der Waals surface area contributed by atoms with E-state index in [0.717, 1.165) is 19.3 Å². The zero-order chi connectivity index (χ0) is 13.3. The molecule has 0 aromatic rings. The Morgan fingerprint density at radius 1 is 1.41 bits per heavy atom. The predicted molar refractivity (Wildman–Crippen MR) is 69.2 cm³/mol. The Bertz CT molecular complexity index is 208. The number of nitrogens with one attached hydrogen (secondary N) is 1. The second kappa shape index (κ2) is 9.39. The van der Waals surface area contributed by atoms with E-state index in [2.05, 4.69) is 31.1 Å². The molecule has 5 nitrogen and oxygen atoms in total. The Kier molecular flexibility index (Phi) is 9.03. The van der Waals surface area contributed by atoms with E-state index in [9.17, 15) is 4.79 Å². The van der Waals surface area contributed by atoms with Gasteiger partial charge in [0, 0.05) is 25.0 Å². The van der Waals surface area contributed by atoms with Crippen LogP contribution < -0.4 is 11.3 Å². The van der Waals surface area contributed by atoms with Crippen LogP contribution in [0.1, 0.15) is 46.5 Å². The zero-order valence-corrected chi connectivity index (χ0v) is 11.3. The molecule has 0 saturated carbocycles. The highest BCUT2D eigenvalue weighted by Gasteiger charge is 2.20. The van der Waals surface area contributed by atoms with Gasteiger partial charge in [0.25, 0.3) is 0 Å². The molecule has 102 valence electrons. The predicted octanol–water partition coefficient (Wildman–Crippen LogP) is 0.628. The van der Waals surface area contributed by atoms with E-state index < -0.39 is 0 Å². The van der Waals surface area contributed by atoms with Crippen LogP contribution in [0.25, 0.3) is 0 Å². The fourth-order valence-corrected chi connectivity index (χ4v) is 2.21. The first-order valence-corrected chi connectivity index (χ1v) is 6.46. The normalized spacial score (nSPS) is 13.1. The van der Waals surface area contributed by atoms with Crippen molar-refractivity contribution in [3.63, 3.8) is 0 Å². The fraction of sp³-hybridized carbons (Fsp3) is 0.917. The number of hydrogen-bond donors (Lipinski definition) is 3. The zero-order valence-electron chi connectivity index (χ0n) is 11.3. The summed E-state index contributed by atoms with van der Waals surface area (Å²) < 4.78 is 0. The van der Waals surface area contributed by atoms with Crippen molar-refractivity contribution < 1.29 is 9.90 Å². The van der Waals surface area contributed by atoms with Crippen LogP contribution in [0.2, 0.25) is 0 Å². The van der Waals surface area contributed by atoms with Crippen LogP contribution in [-0.2, 0) is 4.79 Å². The number of nitrogens with two attached hydrogens (primary N) is 1. The summed E-state index contributed by atoms with van der Waals surface area (Å²) in [6.45, 7) is 7.22. The van der Waals surface area contributed by atoms with Crippen LogP contribution in [0.4, 0.5) is 0 Å². The van der Waals surface area contributed by atoms with Gasteiger partial charge in [0.1, 0.15) is 0 Å². The lowest BCUT2D eigenvalue weighted by Crippen LogP contribution is -2.43. The minimum atomic E-state index is -0.134. The first-order chi connectivity index (χ1) is 8.10. The van der Waals surface area contributed by atoms with E-state index in [4.69, 9.17) is 10.9 Å². The first-order valence-electron chi connectivity index (χ1n) is 6.46. The highest BCUT2D eigenvalue weighted by molar-refractivity contribution is 5.75. The van der Waals surface area contributed by atoms with Crippen molar-refractivity contribution in [3.05, 3.63) is 0 Å². The molecule has 1 atom stereocenters. The summed E-state index contributed by atoms with van der Waals surface area (Å²) in [4.78, 5) is 13.4. The Balaban J connectivity index is 4.31. The SMILES string of the molecule is CCC(CC)N(CCO)C(C)CCC(=O)NN. The van der Waals surface area contributed by atoms with Crippen molar-refractivity contribution in [3.8, 4) is 0 Å². The fourth-order valence-electron chi connectivity index (χ4n) is 2.21. The number of hydrazine groups is 1. The molecule has 5 heteroatoms. The molecule has 0 spiro atoms. The number of rotatable bonds is 9. The molecule has 0 rings (SSSR count). The highest BCUT2D eigenvalue weighted by atomic mass is 16.3. The number of aliphatic hydroxyl groups excluding tert-OH is 1. The smallest absolute Gasteiger partial charge is 0.233 e. The second-order valence-corrected chi connectivity index (χ2v) is 4.39. The number of hydrogen-bond acceptors (Lipinski definition) is 4. The van der Waals surface area contributed by atoms with Gasteiger partial charge in [-0.15, -0.1) is 0 Å². The molecule has 4 N–H and O–H groups in total. The van der Waals surface area contributed by atoms with Crippen molar-refractivity contribution in [2.24, 2.45) is 5.84 Å². The summed E-state index contributed by atoms with van der Waals surface area (Å²) in [6, 6.07) is 0.752. The number of amides is 1. The lowest BCUT2D eigenvalue weighted by atomic mass is 10.0. The molecule has 1 unspecified atom stereocenters. The monoisotopic (exact) mass is 245 g/mol. The molecule has 0 fully saturated rings. The van der Waals surface area contributed by atoms with E-state index in [1.807, 2.05) is 0 Å². The summed E-state index contributed by atoms with van der Waals surface area (Å²) >= 11 is 0. The van der Waals surface area contributed by atoms with Gasteiger partial charge >= 0.3 is 0 Å². The largest absolute Gasteiger partial charge is 0.395 e. The average Bonchev–Trinajstić information content (AvgIpc) is 2.35. The summed E-state index contributed by atoms with van der Waals surface area (Å²) in [6.07, 6.45) is 3.31. The molecule has 0 saturated heterocycles. The first kappa shape index (κ1) is 16.4. The van der Waals surface area contributed by atoms with Crippen LogP contribution in [0.3, 0.4) is 0 Å². The van der Waals surface area contributed by atoms with Crippen molar-refractivity contribution in [1.29, 1.82) is 0 Å². The van der Waals surface area contributed by atoms with E-state index >= 15 is 0 Å². The minimum Gasteiger partial charge on any atom is -0.395 e. The van der Waals surface area contributed by atoms with Gasteiger partial charge in [0.2, 0.25) is 5.91 Å². The maximum atomic E-state index is 11.1. The van der Waals surface area contributed by atoms with Crippen LogP contribution in [0.15, 0.2) is 0 Å². The highest BCUT2D eigenvalue weighted by Crippen LogP contribution is 2.15. The van der Waals surface area contributed by atoms with Crippen LogP contribution >= 0.6 is 0 Å². The summed E-state index contributed by atoms with van der Waals surface area (Å²) in [7, 11) is 0. The summed E-state index contributed by atoms with van der Waals surface area (Å²) in [5.74, 6) is 4.92. The van der Waals surface area contributed by atoms with Crippen molar-refractivity contribution in [2.75, 3.05) is 13.2 Å². The third-order valence-electron chi connectivity index (χ3n) is 3.29. The van der Waals surface area contributed by atoms with Crippen molar-refractivity contribution in [2.45, 2.75) is 58.5 Å². The molecule has 0 heterocycles. The molecule has 1 amide bonds. The van der Waals surface area contributed by atoms with Gasteiger partial charge in [-0.2, -0.15) is 0 Å². The molecule has 0 aromatic heterocycles. The van der Waals surface area contributed by atoms with E-state index in [1.54, 1.807) is 0 Å². The maximum absolute atomic E-state index is 11.1. The maximum Gasteiger partial charge on any atom is 0.233 e. The Labute approximate surface area is 104 Å². The summed E-state index contributed by atoms with van der Waals surface area (Å²) in [5, 5.41) is 9.11. The summed E-state index contributed by atoms with van der Waals surface area (Å²) in [5.41, 5.74) is 2.14. The van der Waals surface area contributed by atoms with Crippen LogP contribution in [0, 0.1) is 0 Å². The van der Waals surface area contributed by atoms with Crippen molar-refractivity contribution >= 4 is 5.91 Å². The van der Waals surface area contributed by atoms with Gasteiger partial charge in [-0.3, -0.25) is 15.1 Å². The Morgan fingerprint density at radius 2 is 2.00 bits per heavy atom. The van der Waals surface area contributed by atoms with E-state index in [-0.39, 0.29) is 18.6 Å². The molecule has 0 aliphatic carbocycles. The number of carbonyl (C=O) groups excluding carboxylic acids is 1. The Morgan fingerprint density at radius 3 is 2.41 bits per heavy atom. The topological polar surface area (TPSA) is 78.6 Å². The number of nitrogens with zero attached hydrogens (tertiary/aromatic N) is 1.